The first kappa shape index (κ1) is 15.7. The number of hydrogen-bond acceptors (Lipinski definition) is 3. The maximum atomic E-state index is 12.3. The molecule has 2 aliphatic rings. The van der Waals surface area contributed by atoms with Crippen molar-refractivity contribution in [1.29, 1.82) is 0 Å². The fraction of sp³-hybridized carbons (Fsp3) is 0.588. The summed E-state index contributed by atoms with van der Waals surface area (Å²) in [5, 5.41) is 0. The van der Waals surface area contributed by atoms with E-state index in [0.29, 0.717) is 12.0 Å². The van der Waals surface area contributed by atoms with Gasteiger partial charge in [-0.3, -0.25) is 0 Å². The van der Waals surface area contributed by atoms with Gasteiger partial charge in [-0.2, -0.15) is 0 Å². The summed E-state index contributed by atoms with van der Waals surface area (Å²) in [6.45, 7) is 7.23. The number of halogens is 1. The third kappa shape index (κ3) is 2.83. The highest BCUT2D eigenvalue weighted by Crippen LogP contribution is 2.44. The molecule has 0 radical (unpaired) electrons. The van der Waals surface area contributed by atoms with E-state index in [9.17, 15) is 4.79 Å². The van der Waals surface area contributed by atoms with Crippen molar-refractivity contribution in [1.82, 2.24) is 4.90 Å². The average molecular weight is 367 g/mol. The third-order valence-electron chi connectivity index (χ3n) is 4.50. The summed E-state index contributed by atoms with van der Waals surface area (Å²) < 4.78 is 6.62. The highest BCUT2D eigenvalue weighted by molar-refractivity contribution is 9.10. The molecule has 4 nitrogen and oxygen atoms in total. The van der Waals surface area contributed by atoms with E-state index in [0.717, 1.165) is 24.0 Å². The molecule has 0 saturated carbocycles. The lowest BCUT2D eigenvalue weighted by molar-refractivity contribution is 0.0190. The predicted octanol–water partition coefficient (Wildman–Crippen LogP) is 3.99. The summed E-state index contributed by atoms with van der Waals surface area (Å²) >= 11 is 3.55. The predicted molar refractivity (Wildman–Crippen MR) is 91.5 cm³/mol. The van der Waals surface area contributed by atoms with Crippen molar-refractivity contribution in [3.8, 4) is 0 Å². The Morgan fingerprint density at radius 2 is 2.09 bits per heavy atom. The molecule has 0 bridgehead atoms. The molecular formula is C17H23BrN2O2. The number of fused-ring (bicyclic) bond motifs is 3. The van der Waals surface area contributed by atoms with Gasteiger partial charge in [0, 0.05) is 42.3 Å². The van der Waals surface area contributed by atoms with Crippen LogP contribution in [-0.4, -0.2) is 42.8 Å². The summed E-state index contributed by atoms with van der Waals surface area (Å²) in [7, 11) is 2.15. The fourth-order valence-electron chi connectivity index (χ4n) is 3.52. The molecule has 120 valence electrons. The van der Waals surface area contributed by atoms with Crippen LogP contribution < -0.4 is 4.90 Å². The summed E-state index contributed by atoms with van der Waals surface area (Å²) in [6.07, 6.45) is 0.784. The zero-order valence-corrected chi connectivity index (χ0v) is 15.2. The quantitative estimate of drug-likeness (QED) is 0.695. The number of likely N-dealkylation sites (N-methyl/N-ethyl adjacent to an activating group) is 1. The Labute approximate surface area is 140 Å². The number of benzene rings is 1. The Bertz CT molecular complexity index is 597. The van der Waals surface area contributed by atoms with Crippen LogP contribution in [0.4, 0.5) is 10.5 Å². The molecule has 2 unspecified atom stereocenters. The second-order valence-corrected chi connectivity index (χ2v) is 8.12. The lowest BCUT2D eigenvalue weighted by atomic mass is 9.89. The monoisotopic (exact) mass is 366 g/mol. The minimum Gasteiger partial charge on any atom is -0.444 e. The summed E-state index contributed by atoms with van der Waals surface area (Å²) in [6, 6.07) is 6.91. The molecule has 1 aromatic carbocycles. The number of carbonyl (C=O) groups is 1. The van der Waals surface area contributed by atoms with Gasteiger partial charge in [0.2, 0.25) is 0 Å². The first-order chi connectivity index (χ1) is 10.3. The Morgan fingerprint density at radius 1 is 1.36 bits per heavy atom. The number of piperidine rings is 1. The van der Waals surface area contributed by atoms with E-state index >= 15 is 0 Å². The van der Waals surface area contributed by atoms with E-state index in [4.69, 9.17) is 4.74 Å². The van der Waals surface area contributed by atoms with E-state index in [1.54, 1.807) is 0 Å². The first-order valence-electron chi connectivity index (χ1n) is 7.76. The topological polar surface area (TPSA) is 32.8 Å². The second kappa shape index (κ2) is 5.44. The lowest BCUT2D eigenvalue weighted by Crippen LogP contribution is -2.48. The first-order valence-corrected chi connectivity index (χ1v) is 8.56. The van der Waals surface area contributed by atoms with E-state index in [-0.39, 0.29) is 6.09 Å². The Hall–Kier alpha value is -1.23. The van der Waals surface area contributed by atoms with Crippen LogP contribution in [0.3, 0.4) is 0 Å². The van der Waals surface area contributed by atoms with E-state index in [2.05, 4.69) is 46.1 Å². The van der Waals surface area contributed by atoms with Crippen molar-refractivity contribution in [2.75, 3.05) is 25.0 Å². The van der Waals surface area contributed by atoms with Crippen LogP contribution in [0.2, 0.25) is 0 Å². The van der Waals surface area contributed by atoms with Gasteiger partial charge in [-0.25, -0.2) is 4.79 Å². The molecule has 0 N–H and O–H groups in total. The largest absolute Gasteiger partial charge is 0.444 e. The molecule has 0 spiro atoms. The van der Waals surface area contributed by atoms with Crippen LogP contribution in [0.5, 0.6) is 0 Å². The number of hydrogen-bond donors (Lipinski definition) is 0. The molecule has 0 aliphatic carbocycles. The van der Waals surface area contributed by atoms with Crippen LogP contribution in [0.15, 0.2) is 22.7 Å². The van der Waals surface area contributed by atoms with Crippen LogP contribution in [0.1, 0.15) is 38.7 Å². The molecule has 3 rings (SSSR count). The van der Waals surface area contributed by atoms with Crippen molar-refractivity contribution >= 4 is 27.7 Å². The van der Waals surface area contributed by atoms with Gasteiger partial charge in [-0.1, -0.05) is 22.0 Å². The van der Waals surface area contributed by atoms with Crippen LogP contribution in [0, 0.1) is 0 Å². The summed E-state index contributed by atoms with van der Waals surface area (Å²) in [5.41, 5.74) is 2.17. The van der Waals surface area contributed by atoms with Crippen molar-refractivity contribution in [3.63, 3.8) is 0 Å². The van der Waals surface area contributed by atoms with Gasteiger partial charge < -0.3 is 14.5 Å². The molecule has 1 saturated heterocycles. The van der Waals surface area contributed by atoms with Gasteiger partial charge in [-0.15, -0.1) is 0 Å². The normalized spacial score (nSPS) is 24.0. The maximum absolute atomic E-state index is 12.3. The van der Waals surface area contributed by atoms with Crippen LogP contribution in [-0.2, 0) is 4.74 Å². The molecule has 2 aliphatic heterocycles. The number of rotatable bonds is 0. The highest BCUT2D eigenvalue weighted by atomic mass is 79.9. The van der Waals surface area contributed by atoms with Gasteiger partial charge in [0.15, 0.2) is 0 Å². The summed E-state index contributed by atoms with van der Waals surface area (Å²) in [5.74, 6) is 0.370. The van der Waals surface area contributed by atoms with Gasteiger partial charge in [0.25, 0.3) is 0 Å². The van der Waals surface area contributed by atoms with Gasteiger partial charge in [0.1, 0.15) is 5.60 Å². The van der Waals surface area contributed by atoms with Gasteiger partial charge in [0.05, 0.1) is 0 Å². The number of likely N-dealkylation sites (tertiary alicyclic amines) is 1. The van der Waals surface area contributed by atoms with Crippen LogP contribution in [0.25, 0.3) is 0 Å². The van der Waals surface area contributed by atoms with Crippen molar-refractivity contribution in [3.05, 3.63) is 28.2 Å². The molecule has 2 atom stereocenters. The minimum absolute atomic E-state index is 0.195. The molecular weight excluding hydrogens is 344 g/mol. The standard InChI is InChI=1S/C17H23BrN2O2/c1-17(2,3)22-16(21)20-8-7-14-13(10-20)12-6-5-11(18)9-15(12)19(14)4/h5-6,9,13-14H,7-8,10H2,1-4H3. The van der Waals surface area contributed by atoms with E-state index in [1.165, 1.54) is 11.3 Å². The van der Waals surface area contributed by atoms with E-state index < -0.39 is 5.60 Å². The number of ether oxygens (including phenoxy) is 1. The third-order valence-corrected chi connectivity index (χ3v) is 4.99. The highest BCUT2D eigenvalue weighted by Gasteiger charge is 2.42. The minimum atomic E-state index is -0.441. The zero-order valence-electron chi connectivity index (χ0n) is 13.6. The maximum Gasteiger partial charge on any atom is 0.410 e. The van der Waals surface area contributed by atoms with Gasteiger partial charge >= 0.3 is 6.09 Å². The van der Waals surface area contributed by atoms with Crippen molar-refractivity contribution < 1.29 is 9.53 Å². The zero-order chi connectivity index (χ0) is 16.1. The molecule has 1 fully saturated rings. The summed E-state index contributed by atoms with van der Waals surface area (Å²) in [4.78, 5) is 16.5. The fourth-order valence-corrected chi connectivity index (χ4v) is 3.86. The number of nitrogens with zero attached hydrogens (tertiary/aromatic N) is 2. The molecule has 22 heavy (non-hydrogen) atoms. The lowest BCUT2D eigenvalue weighted by Gasteiger charge is -2.38. The van der Waals surface area contributed by atoms with Gasteiger partial charge in [-0.05, 0) is 44.9 Å². The molecule has 1 amide bonds. The molecule has 2 heterocycles. The number of carbonyl (C=O) groups excluding carboxylic acids is 1. The SMILES string of the molecule is CN1c2cc(Br)ccc2C2CN(C(=O)OC(C)(C)C)CCC21. The Balaban J connectivity index is 1.80. The smallest absolute Gasteiger partial charge is 0.410 e. The molecule has 0 aromatic heterocycles. The van der Waals surface area contributed by atoms with Crippen molar-refractivity contribution in [2.45, 2.75) is 44.8 Å². The van der Waals surface area contributed by atoms with Crippen LogP contribution >= 0.6 is 15.9 Å². The van der Waals surface area contributed by atoms with Crippen molar-refractivity contribution in [2.24, 2.45) is 0 Å². The molecule has 1 aromatic rings. The number of anilines is 1. The Morgan fingerprint density at radius 3 is 2.77 bits per heavy atom. The second-order valence-electron chi connectivity index (χ2n) is 7.20. The number of amides is 1. The Kier molecular flexibility index (Phi) is 3.87. The average Bonchev–Trinajstić information content (AvgIpc) is 2.70. The van der Waals surface area contributed by atoms with E-state index in [1.807, 2.05) is 25.7 Å². The molecule has 5 heteroatoms.